The minimum atomic E-state index is -4.46. The van der Waals surface area contributed by atoms with Crippen molar-refractivity contribution in [1.29, 1.82) is 0 Å². The summed E-state index contributed by atoms with van der Waals surface area (Å²) in [6.45, 7) is -0.144. The molecule has 1 atom stereocenters. The molecule has 1 unspecified atom stereocenters. The van der Waals surface area contributed by atoms with Crippen LogP contribution in [0.2, 0.25) is 5.02 Å². The number of rotatable bonds is 5. The third-order valence-electron chi connectivity index (χ3n) is 4.19. The maximum atomic E-state index is 12.8. The highest BCUT2D eigenvalue weighted by molar-refractivity contribution is 6.30. The molecular formula is C19H16ClF3N2O2. The lowest BCUT2D eigenvalue weighted by atomic mass is 10.0. The zero-order valence-corrected chi connectivity index (χ0v) is 14.7. The van der Waals surface area contributed by atoms with E-state index in [1.54, 1.807) is 24.3 Å². The number of aliphatic hydroxyl groups is 1. The van der Waals surface area contributed by atoms with Gasteiger partial charge in [-0.1, -0.05) is 29.8 Å². The normalized spacial score (nSPS) is 12.9. The first kappa shape index (κ1) is 19.3. The molecule has 0 bridgehead atoms. The summed E-state index contributed by atoms with van der Waals surface area (Å²) in [4.78, 5) is 15.3. The summed E-state index contributed by atoms with van der Waals surface area (Å²) in [6.07, 6.45) is -4.17. The van der Waals surface area contributed by atoms with Crippen molar-refractivity contribution >= 4 is 28.4 Å². The number of amides is 1. The summed E-state index contributed by atoms with van der Waals surface area (Å²) >= 11 is 5.86. The molecule has 0 aliphatic heterocycles. The van der Waals surface area contributed by atoms with Gasteiger partial charge in [-0.15, -0.1) is 0 Å². The van der Waals surface area contributed by atoms with Gasteiger partial charge < -0.3 is 15.4 Å². The van der Waals surface area contributed by atoms with Gasteiger partial charge in [0.05, 0.1) is 11.6 Å². The summed E-state index contributed by atoms with van der Waals surface area (Å²) < 4.78 is 38.5. The van der Waals surface area contributed by atoms with Gasteiger partial charge in [-0.2, -0.15) is 13.2 Å². The lowest BCUT2D eigenvalue weighted by molar-refractivity contribution is -0.137. The first-order valence-corrected chi connectivity index (χ1v) is 8.53. The van der Waals surface area contributed by atoms with E-state index in [1.165, 1.54) is 12.1 Å². The molecule has 0 saturated heterocycles. The fourth-order valence-electron chi connectivity index (χ4n) is 2.81. The molecule has 0 spiro atoms. The van der Waals surface area contributed by atoms with E-state index in [4.69, 9.17) is 11.6 Å². The Balaban J connectivity index is 1.84. The highest BCUT2D eigenvalue weighted by Gasteiger charge is 2.30. The molecule has 27 heavy (non-hydrogen) atoms. The largest absolute Gasteiger partial charge is 0.416 e. The fourth-order valence-corrected chi connectivity index (χ4v) is 2.93. The Morgan fingerprint density at radius 2 is 1.85 bits per heavy atom. The van der Waals surface area contributed by atoms with Crippen LogP contribution >= 0.6 is 11.6 Å². The van der Waals surface area contributed by atoms with Crippen LogP contribution in [0.25, 0.3) is 10.9 Å². The molecule has 0 aliphatic carbocycles. The van der Waals surface area contributed by atoms with E-state index in [0.717, 1.165) is 17.7 Å². The van der Waals surface area contributed by atoms with E-state index < -0.39 is 23.7 Å². The molecular weight excluding hydrogens is 381 g/mol. The van der Waals surface area contributed by atoms with Gasteiger partial charge in [0, 0.05) is 22.5 Å². The van der Waals surface area contributed by atoms with Gasteiger partial charge in [-0.25, -0.2) is 0 Å². The number of aromatic nitrogens is 1. The van der Waals surface area contributed by atoms with Crippen molar-refractivity contribution in [3.8, 4) is 0 Å². The predicted octanol–water partition coefficient (Wildman–Crippen LogP) is 4.69. The monoisotopic (exact) mass is 396 g/mol. The molecule has 2 aromatic carbocycles. The zero-order valence-electron chi connectivity index (χ0n) is 14.0. The zero-order chi connectivity index (χ0) is 19.6. The summed E-state index contributed by atoms with van der Waals surface area (Å²) in [5.74, 6) is -0.479. The number of aromatic amines is 1. The van der Waals surface area contributed by atoms with Crippen LogP contribution in [0.15, 0.2) is 48.5 Å². The molecule has 0 fully saturated rings. The molecule has 3 N–H and O–H groups in total. The number of hydrogen-bond acceptors (Lipinski definition) is 2. The number of halogens is 4. The van der Waals surface area contributed by atoms with Crippen LogP contribution in [-0.4, -0.2) is 22.6 Å². The van der Waals surface area contributed by atoms with Crippen LogP contribution in [0.5, 0.6) is 0 Å². The Morgan fingerprint density at radius 3 is 2.48 bits per heavy atom. The van der Waals surface area contributed by atoms with E-state index in [0.29, 0.717) is 10.4 Å². The number of H-pyrrole nitrogens is 1. The maximum Gasteiger partial charge on any atom is 0.416 e. The Bertz CT molecular complexity index is 952. The van der Waals surface area contributed by atoms with Gasteiger partial charge in [0.2, 0.25) is 0 Å². The van der Waals surface area contributed by atoms with E-state index in [-0.39, 0.29) is 24.2 Å². The van der Waals surface area contributed by atoms with E-state index >= 15 is 0 Å². The first-order chi connectivity index (χ1) is 12.8. The number of carbonyl (C=O) groups excluding carboxylic acids is 1. The molecule has 1 aromatic heterocycles. The Kier molecular flexibility index (Phi) is 5.43. The number of carbonyl (C=O) groups is 1. The van der Waals surface area contributed by atoms with Gasteiger partial charge in [-0.05, 0) is 42.3 Å². The second kappa shape index (κ2) is 7.62. The standard InChI is InChI=1S/C19H16ClF3N2O2/c20-14-5-2-11(3-6-14)15(7-8-26)25-18(27)17-9-12-1-4-13(19(21,22)23)10-16(12)24-17/h1-6,9-10,15,24,26H,7-8H2,(H,25,27). The highest BCUT2D eigenvalue weighted by atomic mass is 35.5. The second-order valence-electron chi connectivity index (χ2n) is 6.07. The van der Waals surface area contributed by atoms with E-state index in [1.807, 2.05) is 0 Å². The Labute approximate surface area is 158 Å². The quantitative estimate of drug-likeness (QED) is 0.585. The van der Waals surface area contributed by atoms with Crippen LogP contribution in [0.3, 0.4) is 0 Å². The van der Waals surface area contributed by atoms with Crippen molar-refractivity contribution in [1.82, 2.24) is 10.3 Å². The van der Waals surface area contributed by atoms with Crippen molar-refractivity contribution in [2.75, 3.05) is 6.61 Å². The number of aliphatic hydroxyl groups excluding tert-OH is 1. The maximum absolute atomic E-state index is 12.8. The molecule has 0 aliphatic rings. The topological polar surface area (TPSA) is 65.1 Å². The number of nitrogens with one attached hydrogen (secondary N) is 2. The van der Waals surface area contributed by atoms with E-state index in [2.05, 4.69) is 10.3 Å². The second-order valence-corrected chi connectivity index (χ2v) is 6.51. The number of fused-ring (bicyclic) bond motifs is 1. The number of alkyl halides is 3. The molecule has 8 heteroatoms. The Hall–Kier alpha value is -2.51. The Morgan fingerprint density at radius 1 is 1.15 bits per heavy atom. The SMILES string of the molecule is O=C(NC(CCO)c1ccc(Cl)cc1)c1cc2ccc(C(F)(F)F)cc2[nH]1. The van der Waals surface area contributed by atoms with Crippen LogP contribution < -0.4 is 5.32 Å². The van der Waals surface area contributed by atoms with Crippen molar-refractivity contribution < 1.29 is 23.1 Å². The predicted molar refractivity (Wildman–Crippen MR) is 96.7 cm³/mol. The van der Waals surface area contributed by atoms with Crippen molar-refractivity contribution in [2.24, 2.45) is 0 Å². The average molecular weight is 397 g/mol. The van der Waals surface area contributed by atoms with Crippen LogP contribution in [0, 0.1) is 0 Å². The van der Waals surface area contributed by atoms with Crippen molar-refractivity contribution in [3.63, 3.8) is 0 Å². The third kappa shape index (κ3) is 4.43. The van der Waals surface area contributed by atoms with Crippen molar-refractivity contribution in [3.05, 3.63) is 70.4 Å². The molecule has 3 rings (SSSR count). The third-order valence-corrected chi connectivity index (χ3v) is 4.44. The highest BCUT2D eigenvalue weighted by Crippen LogP contribution is 2.31. The smallest absolute Gasteiger partial charge is 0.396 e. The first-order valence-electron chi connectivity index (χ1n) is 8.15. The summed E-state index contributed by atoms with van der Waals surface area (Å²) in [5.41, 5.74) is 0.335. The van der Waals surface area contributed by atoms with Gasteiger partial charge in [0.15, 0.2) is 0 Å². The van der Waals surface area contributed by atoms with Gasteiger partial charge in [-0.3, -0.25) is 4.79 Å². The summed E-state index contributed by atoms with van der Waals surface area (Å²) in [5, 5.41) is 13.1. The van der Waals surface area contributed by atoms with E-state index in [9.17, 15) is 23.1 Å². The minimum Gasteiger partial charge on any atom is -0.396 e. The fraction of sp³-hybridized carbons (Fsp3) is 0.211. The van der Waals surface area contributed by atoms with Gasteiger partial charge in [0.1, 0.15) is 5.69 Å². The molecule has 1 heterocycles. The van der Waals surface area contributed by atoms with Gasteiger partial charge in [0.25, 0.3) is 5.91 Å². The molecule has 142 valence electrons. The van der Waals surface area contributed by atoms with Crippen molar-refractivity contribution in [2.45, 2.75) is 18.6 Å². The van der Waals surface area contributed by atoms with Crippen LogP contribution in [-0.2, 0) is 6.18 Å². The minimum absolute atomic E-state index is 0.140. The molecule has 0 saturated carbocycles. The molecule has 1 amide bonds. The van der Waals surface area contributed by atoms with Crippen LogP contribution in [0.4, 0.5) is 13.2 Å². The molecule has 3 aromatic rings. The lowest BCUT2D eigenvalue weighted by Gasteiger charge is -2.18. The van der Waals surface area contributed by atoms with Crippen LogP contribution in [0.1, 0.15) is 34.1 Å². The lowest BCUT2D eigenvalue weighted by Crippen LogP contribution is -2.29. The summed E-state index contributed by atoms with van der Waals surface area (Å²) in [6, 6.07) is 11.1. The van der Waals surface area contributed by atoms with Gasteiger partial charge >= 0.3 is 6.18 Å². The summed E-state index contributed by atoms with van der Waals surface area (Å²) in [7, 11) is 0. The number of hydrogen-bond donors (Lipinski definition) is 3. The molecule has 4 nitrogen and oxygen atoms in total. The molecule has 0 radical (unpaired) electrons. The average Bonchev–Trinajstić information content (AvgIpc) is 3.04. The number of benzene rings is 2.